The Hall–Kier alpha value is -3.61. The van der Waals surface area contributed by atoms with Crippen molar-refractivity contribution in [3.63, 3.8) is 0 Å². The average molecular weight is 317 g/mol. The predicted octanol–water partition coefficient (Wildman–Crippen LogP) is 3.38. The quantitative estimate of drug-likeness (QED) is 0.536. The van der Waals surface area contributed by atoms with Gasteiger partial charge in [-0.25, -0.2) is 14.5 Å². The van der Waals surface area contributed by atoms with E-state index in [1.54, 1.807) is 29.1 Å². The van der Waals surface area contributed by atoms with E-state index < -0.39 is 0 Å². The van der Waals surface area contributed by atoms with Gasteiger partial charge in [0.2, 0.25) is 5.82 Å². The van der Waals surface area contributed by atoms with Gasteiger partial charge in [0, 0.05) is 5.39 Å². The third-order valence-electron chi connectivity index (χ3n) is 3.77. The van der Waals surface area contributed by atoms with Crippen LogP contribution in [-0.4, -0.2) is 19.6 Å². The summed E-state index contributed by atoms with van der Waals surface area (Å²) in [6, 6.07) is 13.3. The van der Waals surface area contributed by atoms with E-state index in [0.717, 1.165) is 11.0 Å². The fourth-order valence-corrected chi connectivity index (χ4v) is 2.65. The molecule has 0 bridgehead atoms. The fraction of sp³-hybridized carbons (Fsp3) is 0. The van der Waals surface area contributed by atoms with E-state index in [-0.39, 0.29) is 5.82 Å². The number of furan rings is 2. The summed E-state index contributed by atoms with van der Waals surface area (Å²) in [4.78, 5) is 8.76. The van der Waals surface area contributed by atoms with E-state index in [1.807, 2.05) is 30.3 Å². The zero-order valence-electron chi connectivity index (χ0n) is 12.4. The van der Waals surface area contributed by atoms with Crippen molar-refractivity contribution >= 4 is 22.4 Å². The first kappa shape index (κ1) is 12.9. The number of hydrogen-bond acceptors (Lipinski definition) is 6. The number of hydrogen-bond donors (Lipinski definition) is 1. The van der Waals surface area contributed by atoms with Crippen LogP contribution in [0.25, 0.3) is 39.7 Å². The number of aromatic nitrogens is 4. The molecule has 5 rings (SSSR count). The molecule has 0 aliphatic rings. The zero-order valence-corrected chi connectivity index (χ0v) is 12.4. The Bertz CT molecular complexity index is 1140. The van der Waals surface area contributed by atoms with Gasteiger partial charge in [-0.05, 0) is 24.3 Å². The maximum Gasteiger partial charge on any atom is 0.218 e. The van der Waals surface area contributed by atoms with Gasteiger partial charge in [0.05, 0.1) is 12.5 Å². The summed E-state index contributed by atoms with van der Waals surface area (Å²) in [7, 11) is 0. The summed E-state index contributed by atoms with van der Waals surface area (Å²) >= 11 is 0. The number of para-hydroxylation sites is 1. The maximum atomic E-state index is 6.05. The van der Waals surface area contributed by atoms with Crippen LogP contribution in [0, 0.1) is 0 Å². The topological polar surface area (TPSA) is 95.4 Å². The Morgan fingerprint density at radius 1 is 1.00 bits per heavy atom. The van der Waals surface area contributed by atoms with Crippen LogP contribution in [0.3, 0.4) is 0 Å². The van der Waals surface area contributed by atoms with Crippen LogP contribution in [0.1, 0.15) is 0 Å². The number of anilines is 1. The monoisotopic (exact) mass is 317 g/mol. The lowest BCUT2D eigenvalue weighted by Gasteiger charge is -1.99. The summed E-state index contributed by atoms with van der Waals surface area (Å²) in [6.07, 6.45) is 3.31. The highest BCUT2D eigenvalue weighted by atomic mass is 16.3. The minimum absolute atomic E-state index is 0.276. The van der Waals surface area contributed by atoms with Gasteiger partial charge in [0.15, 0.2) is 23.0 Å². The fourth-order valence-electron chi connectivity index (χ4n) is 2.65. The number of rotatable bonds is 2. The number of nitrogens with zero attached hydrogens (tertiary/aromatic N) is 4. The molecule has 0 unspecified atom stereocenters. The molecule has 4 heterocycles. The average Bonchev–Trinajstić information content (AvgIpc) is 3.32. The minimum Gasteiger partial charge on any atom is -0.461 e. The second-order valence-electron chi connectivity index (χ2n) is 5.34. The molecule has 0 atom stereocenters. The van der Waals surface area contributed by atoms with Gasteiger partial charge >= 0.3 is 0 Å². The van der Waals surface area contributed by atoms with Gasteiger partial charge in [-0.2, -0.15) is 0 Å². The lowest BCUT2D eigenvalue weighted by Crippen LogP contribution is -1.99. The van der Waals surface area contributed by atoms with Crippen LogP contribution in [0.4, 0.5) is 5.82 Å². The van der Waals surface area contributed by atoms with Gasteiger partial charge in [0.1, 0.15) is 11.3 Å². The number of fused-ring (bicyclic) bond motifs is 2. The smallest absolute Gasteiger partial charge is 0.218 e. The summed E-state index contributed by atoms with van der Waals surface area (Å²) in [5.41, 5.74) is 7.91. The van der Waals surface area contributed by atoms with E-state index in [1.165, 1.54) is 0 Å². The molecule has 7 heteroatoms. The first-order valence-corrected chi connectivity index (χ1v) is 7.34. The zero-order chi connectivity index (χ0) is 16.1. The summed E-state index contributed by atoms with van der Waals surface area (Å²) < 4.78 is 12.8. The molecule has 7 nitrogen and oxygen atoms in total. The van der Waals surface area contributed by atoms with Crippen molar-refractivity contribution in [2.24, 2.45) is 0 Å². The van der Waals surface area contributed by atoms with E-state index in [4.69, 9.17) is 14.6 Å². The minimum atomic E-state index is 0.276. The normalized spacial score (nSPS) is 11.5. The Morgan fingerprint density at radius 2 is 1.92 bits per heavy atom. The molecule has 5 aromatic rings. The second kappa shape index (κ2) is 4.69. The van der Waals surface area contributed by atoms with Crippen molar-refractivity contribution in [2.45, 2.75) is 0 Å². The number of nitrogens with two attached hydrogens (primary N) is 1. The summed E-state index contributed by atoms with van der Waals surface area (Å²) in [5.74, 6) is 1.93. The van der Waals surface area contributed by atoms with Gasteiger partial charge in [0.25, 0.3) is 0 Å². The molecule has 1 aromatic carbocycles. The van der Waals surface area contributed by atoms with Crippen molar-refractivity contribution in [1.82, 2.24) is 19.6 Å². The molecule has 24 heavy (non-hydrogen) atoms. The van der Waals surface area contributed by atoms with Gasteiger partial charge in [-0.3, -0.25) is 0 Å². The molecule has 0 aliphatic heterocycles. The summed E-state index contributed by atoms with van der Waals surface area (Å²) in [5, 5.41) is 5.41. The maximum absolute atomic E-state index is 6.05. The molecule has 116 valence electrons. The molecular weight excluding hydrogens is 306 g/mol. The van der Waals surface area contributed by atoms with E-state index in [2.05, 4.69) is 15.1 Å². The predicted molar refractivity (Wildman–Crippen MR) is 88.1 cm³/mol. The standard InChI is InChI=1S/C17H11N5O2/c18-15-17-20-16(13-6-3-7-23-13)21-22(17)9-11(19-15)14-8-10-4-1-2-5-12(10)24-14/h1-9H,(H2,18,19). The third kappa shape index (κ3) is 1.88. The molecule has 0 amide bonds. The molecule has 0 saturated heterocycles. The van der Waals surface area contributed by atoms with Crippen LogP contribution >= 0.6 is 0 Å². The van der Waals surface area contributed by atoms with Crippen molar-refractivity contribution in [3.05, 3.63) is 54.9 Å². The lowest BCUT2D eigenvalue weighted by molar-refractivity contribution is 0.577. The third-order valence-corrected chi connectivity index (χ3v) is 3.77. The Morgan fingerprint density at radius 3 is 2.75 bits per heavy atom. The largest absolute Gasteiger partial charge is 0.461 e. The molecule has 0 fully saturated rings. The van der Waals surface area contributed by atoms with Crippen molar-refractivity contribution in [1.29, 1.82) is 0 Å². The Labute approximate surface area is 135 Å². The van der Waals surface area contributed by atoms with Crippen LogP contribution < -0.4 is 5.73 Å². The molecule has 2 N–H and O–H groups in total. The van der Waals surface area contributed by atoms with E-state index in [9.17, 15) is 0 Å². The van der Waals surface area contributed by atoms with Gasteiger partial charge in [-0.15, -0.1) is 5.10 Å². The SMILES string of the molecule is Nc1nc(-c2cc3ccccc3o2)cn2nc(-c3ccco3)nc12. The van der Waals surface area contributed by atoms with Crippen LogP contribution in [-0.2, 0) is 0 Å². The lowest BCUT2D eigenvalue weighted by atomic mass is 10.2. The van der Waals surface area contributed by atoms with Gasteiger partial charge < -0.3 is 14.6 Å². The highest BCUT2D eigenvalue weighted by molar-refractivity contribution is 5.82. The van der Waals surface area contributed by atoms with Crippen LogP contribution in [0.2, 0.25) is 0 Å². The van der Waals surface area contributed by atoms with Crippen molar-refractivity contribution < 1.29 is 8.83 Å². The Kier molecular flexibility index (Phi) is 2.52. The Balaban J connectivity index is 1.69. The van der Waals surface area contributed by atoms with E-state index in [0.29, 0.717) is 28.7 Å². The highest BCUT2D eigenvalue weighted by Gasteiger charge is 2.15. The molecule has 0 saturated carbocycles. The molecule has 4 aromatic heterocycles. The first-order chi connectivity index (χ1) is 11.8. The number of nitrogen functional groups attached to an aromatic ring is 1. The second-order valence-corrected chi connectivity index (χ2v) is 5.34. The summed E-state index contributed by atoms with van der Waals surface area (Å²) in [6.45, 7) is 0. The molecule has 0 radical (unpaired) electrons. The van der Waals surface area contributed by atoms with Crippen molar-refractivity contribution in [3.8, 4) is 23.0 Å². The van der Waals surface area contributed by atoms with Crippen molar-refractivity contribution in [2.75, 3.05) is 5.73 Å². The number of benzene rings is 1. The molecule has 0 spiro atoms. The highest BCUT2D eigenvalue weighted by Crippen LogP contribution is 2.28. The van der Waals surface area contributed by atoms with E-state index >= 15 is 0 Å². The van der Waals surface area contributed by atoms with Crippen LogP contribution in [0.15, 0.2) is 63.8 Å². The molecular formula is C17H11N5O2. The van der Waals surface area contributed by atoms with Crippen LogP contribution in [0.5, 0.6) is 0 Å². The molecule has 0 aliphatic carbocycles. The first-order valence-electron chi connectivity index (χ1n) is 7.34. The van der Waals surface area contributed by atoms with Gasteiger partial charge in [-0.1, -0.05) is 18.2 Å².